The van der Waals surface area contributed by atoms with Crippen LogP contribution in [0.4, 0.5) is 9.59 Å². The number of carboxylic acid groups (broad SMARTS) is 1. The summed E-state index contributed by atoms with van der Waals surface area (Å²) in [6, 6.07) is 16.9. The molecule has 0 fully saturated rings. The van der Waals surface area contributed by atoms with Crippen LogP contribution in [-0.4, -0.2) is 28.5 Å². The minimum atomic E-state index is -1.42. The maximum atomic E-state index is 12.4. The molecule has 24 heavy (non-hydrogen) atoms. The predicted molar refractivity (Wildman–Crippen MR) is 85.2 cm³/mol. The van der Waals surface area contributed by atoms with Gasteiger partial charge in [-0.25, -0.2) is 9.59 Å². The lowest BCUT2D eigenvalue weighted by molar-refractivity contribution is -0.0419. The number of hydrogen-bond acceptors (Lipinski definition) is 4. The number of nitrogens with zero attached hydrogens (tertiary/aromatic N) is 1. The Morgan fingerprint density at radius 2 is 1.71 bits per heavy atom. The van der Waals surface area contributed by atoms with Crippen LogP contribution in [0.3, 0.4) is 0 Å². The first kappa shape index (κ1) is 15.9. The number of rotatable bonds is 3. The molecule has 1 heterocycles. The van der Waals surface area contributed by atoms with E-state index in [0.717, 1.165) is 16.7 Å². The standard InChI is InChI=1S/C18H17NO5/c20-17(23-12-13-6-2-1-3-7-13)19-11-15-9-5-4-8-14(15)10-16(19)24-18(21)22/h1-9,16H,10-12H2,(H,21,22). The van der Waals surface area contributed by atoms with E-state index in [1.54, 1.807) is 0 Å². The van der Waals surface area contributed by atoms with Gasteiger partial charge in [0, 0.05) is 6.42 Å². The van der Waals surface area contributed by atoms with E-state index in [2.05, 4.69) is 0 Å². The molecule has 2 aromatic rings. The number of amides is 1. The lowest BCUT2D eigenvalue weighted by Crippen LogP contribution is -2.46. The molecule has 1 atom stereocenters. The fourth-order valence-electron chi connectivity index (χ4n) is 2.70. The Morgan fingerprint density at radius 1 is 1.04 bits per heavy atom. The molecule has 124 valence electrons. The molecule has 2 aromatic carbocycles. The highest BCUT2D eigenvalue weighted by Crippen LogP contribution is 2.25. The second-order valence-corrected chi connectivity index (χ2v) is 5.48. The van der Waals surface area contributed by atoms with Crippen LogP contribution in [0, 0.1) is 0 Å². The maximum absolute atomic E-state index is 12.4. The average molecular weight is 327 g/mol. The lowest BCUT2D eigenvalue weighted by atomic mass is 9.99. The van der Waals surface area contributed by atoms with Crippen LogP contribution in [0.25, 0.3) is 0 Å². The van der Waals surface area contributed by atoms with Gasteiger partial charge in [0.25, 0.3) is 0 Å². The van der Waals surface area contributed by atoms with Crippen molar-refractivity contribution in [2.75, 3.05) is 0 Å². The summed E-state index contributed by atoms with van der Waals surface area (Å²) in [6.07, 6.45) is -2.59. The SMILES string of the molecule is O=C(O)OC1Cc2ccccc2CN1C(=O)OCc1ccccc1. The molecule has 1 aliphatic rings. The van der Waals surface area contributed by atoms with Gasteiger partial charge in [-0.2, -0.15) is 0 Å². The first-order valence-corrected chi connectivity index (χ1v) is 7.57. The summed E-state index contributed by atoms with van der Waals surface area (Å²) >= 11 is 0. The van der Waals surface area contributed by atoms with Gasteiger partial charge in [-0.05, 0) is 16.7 Å². The Labute approximate surface area is 139 Å². The van der Waals surface area contributed by atoms with Crippen LogP contribution in [0.15, 0.2) is 54.6 Å². The Hall–Kier alpha value is -3.02. The van der Waals surface area contributed by atoms with Crippen molar-refractivity contribution in [2.45, 2.75) is 25.8 Å². The van der Waals surface area contributed by atoms with Gasteiger partial charge < -0.3 is 14.6 Å². The van der Waals surface area contributed by atoms with Crippen molar-refractivity contribution in [1.29, 1.82) is 0 Å². The number of carbonyl (C=O) groups excluding carboxylic acids is 1. The van der Waals surface area contributed by atoms with Gasteiger partial charge in [0.2, 0.25) is 0 Å². The molecule has 0 aliphatic carbocycles. The van der Waals surface area contributed by atoms with E-state index in [1.165, 1.54) is 4.90 Å². The summed E-state index contributed by atoms with van der Waals surface area (Å²) in [4.78, 5) is 24.6. The molecule has 0 aromatic heterocycles. The van der Waals surface area contributed by atoms with Gasteiger partial charge in [-0.1, -0.05) is 54.6 Å². The van der Waals surface area contributed by atoms with Crippen molar-refractivity contribution in [1.82, 2.24) is 4.90 Å². The highest BCUT2D eigenvalue weighted by atomic mass is 16.7. The number of ether oxygens (including phenoxy) is 2. The molecule has 1 N–H and O–H groups in total. The molecular formula is C18H17NO5. The average Bonchev–Trinajstić information content (AvgIpc) is 2.59. The summed E-state index contributed by atoms with van der Waals surface area (Å²) in [7, 11) is 0. The second kappa shape index (κ2) is 7.04. The molecule has 1 unspecified atom stereocenters. The Bertz CT molecular complexity index is 731. The van der Waals surface area contributed by atoms with E-state index in [4.69, 9.17) is 14.6 Å². The zero-order valence-electron chi connectivity index (χ0n) is 12.9. The molecule has 6 nitrogen and oxygen atoms in total. The molecule has 0 bridgehead atoms. The maximum Gasteiger partial charge on any atom is 0.507 e. The first-order chi connectivity index (χ1) is 11.6. The molecule has 3 rings (SSSR count). The molecule has 1 aliphatic heterocycles. The Balaban J connectivity index is 1.73. The number of carbonyl (C=O) groups is 2. The van der Waals surface area contributed by atoms with E-state index in [1.807, 2.05) is 54.6 Å². The number of hydrogen-bond donors (Lipinski definition) is 1. The van der Waals surface area contributed by atoms with E-state index in [-0.39, 0.29) is 13.2 Å². The molecule has 0 saturated carbocycles. The van der Waals surface area contributed by atoms with Crippen LogP contribution >= 0.6 is 0 Å². The lowest BCUT2D eigenvalue weighted by Gasteiger charge is -2.34. The third-order valence-electron chi connectivity index (χ3n) is 3.88. The molecule has 0 spiro atoms. The Kier molecular flexibility index (Phi) is 4.65. The summed E-state index contributed by atoms with van der Waals surface area (Å²) in [5.74, 6) is 0. The minimum absolute atomic E-state index is 0.123. The fourth-order valence-corrected chi connectivity index (χ4v) is 2.70. The monoisotopic (exact) mass is 327 g/mol. The smallest absolute Gasteiger partial charge is 0.450 e. The van der Waals surface area contributed by atoms with Gasteiger partial charge in [0.1, 0.15) is 6.61 Å². The second-order valence-electron chi connectivity index (χ2n) is 5.48. The van der Waals surface area contributed by atoms with Crippen molar-refractivity contribution in [3.63, 3.8) is 0 Å². The van der Waals surface area contributed by atoms with Crippen molar-refractivity contribution in [2.24, 2.45) is 0 Å². The fraction of sp³-hybridized carbons (Fsp3) is 0.222. The van der Waals surface area contributed by atoms with Gasteiger partial charge in [0.15, 0.2) is 6.23 Å². The van der Waals surface area contributed by atoms with Gasteiger partial charge in [-0.3, -0.25) is 4.90 Å². The molecule has 0 saturated heterocycles. The predicted octanol–water partition coefficient (Wildman–Crippen LogP) is 3.40. The van der Waals surface area contributed by atoms with Crippen LogP contribution in [0.1, 0.15) is 16.7 Å². The number of fused-ring (bicyclic) bond motifs is 1. The topological polar surface area (TPSA) is 76.1 Å². The molecule has 1 amide bonds. The largest absolute Gasteiger partial charge is 0.507 e. The van der Waals surface area contributed by atoms with Crippen LogP contribution in [0.2, 0.25) is 0 Å². The molecule has 0 radical (unpaired) electrons. The summed E-state index contributed by atoms with van der Waals surface area (Å²) in [5, 5.41) is 8.92. The van der Waals surface area contributed by atoms with E-state index in [9.17, 15) is 9.59 Å². The third-order valence-corrected chi connectivity index (χ3v) is 3.88. The van der Waals surface area contributed by atoms with Crippen LogP contribution in [0.5, 0.6) is 0 Å². The molecule has 6 heteroatoms. The number of benzene rings is 2. The van der Waals surface area contributed by atoms with Crippen LogP contribution < -0.4 is 0 Å². The summed E-state index contributed by atoms with van der Waals surface area (Å²) in [6.45, 7) is 0.374. The molecular weight excluding hydrogens is 310 g/mol. The Morgan fingerprint density at radius 3 is 2.42 bits per heavy atom. The van der Waals surface area contributed by atoms with E-state index in [0.29, 0.717) is 6.42 Å². The van der Waals surface area contributed by atoms with Crippen molar-refractivity contribution < 1.29 is 24.2 Å². The first-order valence-electron chi connectivity index (χ1n) is 7.57. The minimum Gasteiger partial charge on any atom is -0.450 e. The van der Waals surface area contributed by atoms with E-state index >= 15 is 0 Å². The highest BCUT2D eigenvalue weighted by molar-refractivity contribution is 5.69. The summed E-state index contributed by atoms with van der Waals surface area (Å²) in [5.41, 5.74) is 2.79. The van der Waals surface area contributed by atoms with Gasteiger partial charge in [0.05, 0.1) is 6.54 Å². The van der Waals surface area contributed by atoms with E-state index < -0.39 is 18.5 Å². The summed E-state index contributed by atoms with van der Waals surface area (Å²) < 4.78 is 10.2. The third kappa shape index (κ3) is 3.65. The van der Waals surface area contributed by atoms with Crippen molar-refractivity contribution in [3.8, 4) is 0 Å². The zero-order valence-corrected chi connectivity index (χ0v) is 12.9. The van der Waals surface area contributed by atoms with Crippen LogP contribution in [-0.2, 0) is 29.0 Å². The van der Waals surface area contributed by atoms with Gasteiger partial charge in [-0.15, -0.1) is 0 Å². The van der Waals surface area contributed by atoms with Crippen molar-refractivity contribution in [3.05, 3.63) is 71.3 Å². The normalized spacial score (nSPS) is 16.2. The zero-order chi connectivity index (χ0) is 16.9. The van der Waals surface area contributed by atoms with Crippen molar-refractivity contribution >= 4 is 12.2 Å². The van der Waals surface area contributed by atoms with Gasteiger partial charge >= 0.3 is 12.2 Å². The highest BCUT2D eigenvalue weighted by Gasteiger charge is 2.33. The quantitative estimate of drug-likeness (QED) is 0.874.